The van der Waals surface area contributed by atoms with Gasteiger partial charge in [0.15, 0.2) is 0 Å². The molecule has 346 valence electrons. The average Bonchev–Trinajstić information content (AvgIpc) is 3.19. The van der Waals surface area contributed by atoms with Crippen LogP contribution in [0, 0.1) is 0 Å². The Bertz CT molecular complexity index is 1080. The van der Waals surface area contributed by atoms with Crippen LogP contribution in [-0.2, 0) is 27.9 Å². The number of carbonyl (C=O) groups excluding carboxylic acids is 1. The second-order valence-corrected chi connectivity index (χ2v) is 18.9. The van der Waals surface area contributed by atoms with Gasteiger partial charge in [-0.15, -0.1) is 0 Å². The van der Waals surface area contributed by atoms with Gasteiger partial charge in [-0.1, -0.05) is 197 Å². The number of rotatable bonds is 45. The Labute approximate surface area is 365 Å². The van der Waals surface area contributed by atoms with Crippen molar-refractivity contribution >= 4 is 13.8 Å². The largest absolute Gasteiger partial charge is 0.472 e. The molecule has 9 heteroatoms. The maximum absolute atomic E-state index is 12.7. The predicted molar refractivity (Wildman–Crippen MR) is 252 cm³/mol. The van der Waals surface area contributed by atoms with E-state index in [-0.39, 0.29) is 25.8 Å². The molecule has 0 bridgehead atoms. The highest BCUT2D eigenvalue weighted by molar-refractivity contribution is 7.47. The van der Waals surface area contributed by atoms with Gasteiger partial charge < -0.3 is 18.9 Å². The van der Waals surface area contributed by atoms with E-state index in [0.717, 1.165) is 57.8 Å². The standard InChI is InChI=1S/C50H94NO7P/c1-6-8-10-12-14-16-18-20-22-23-24-25-26-27-28-30-32-34-36-38-40-42-45-55-47-49(48-57-59(53,54)56-46-44-51(3,4)5)58-50(52)43-41-39-37-35-33-31-29-21-19-17-15-13-11-9-7-2/h8,10,14,16,20,22,24-25,49H,6-7,9,11-13,15,17-19,21,23,26-48H2,1-5H3/p+1/b10-8-,16-14-,22-20-,25-24-. The zero-order valence-corrected chi connectivity index (χ0v) is 40.1. The fourth-order valence-corrected chi connectivity index (χ4v) is 7.40. The van der Waals surface area contributed by atoms with E-state index in [1.165, 1.54) is 128 Å². The molecule has 0 aromatic heterocycles. The minimum absolute atomic E-state index is 0.0874. The number of allylic oxidation sites excluding steroid dienone is 8. The summed E-state index contributed by atoms with van der Waals surface area (Å²) in [6.45, 7) is 5.52. The minimum Gasteiger partial charge on any atom is -0.457 e. The number of quaternary nitrogens is 1. The maximum Gasteiger partial charge on any atom is 0.472 e. The van der Waals surface area contributed by atoms with Crippen molar-refractivity contribution in [3.8, 4) is 0 Å². The first-order valence-electron chi connectivity index (χ1n) is 24.4. The van der Waals surface area contributed by atoms with Gasteiger partial charge in [0.05, 0.1) is 34.4 Å². The van der Waals surface area contributed by atoms with E-state index in [4.69, 9.17) is 18.5 Å². The highest BCUT2D eigenvalue weighted by atomic mass is 31.2. The molecule has 0 aliphatic rings. The predicted octanol–water partition coefficient (Wildman–Crippen LogP) is 14.7. The Morgan fingerprint density at radius 1 is 0.542 bits per heavy atom. The molecule has 0 aliphatic heterocycles. The zero-order chi connectivity index (χ0) is 43.4. The first-order chi connectivity index (χ1) is 28.6. The number of hydrogen-bond donors (Lipinski definition) is 1. The van der Waals surface area contributed by atoms with E-state index in [1.54, 1.807) is 0 Å². The van der Waals surface area contributed by atoms with Gasteiger partial charge in [-0.05, 0) is 51.4 Å². The van der Waals surface area contributed by atoms with Gasteiger partial charge in [-0.2, -0.15) is 0 Å². The summed E-state index contributed by atoms with van der Waals surface area (Å²) in [6.07, 6.45) is 52.9. The van der Waals surface area contributed by atoms with E-state index in [9.17, 15) is 14.3 Å². The van der Waals surface area contributed by atoms with Crippen LogP contribution in [0.15, 0.2) is 48.6 Å². The van der Waals surface area contributed by atoms with Crippen molar-refractivity contribution in [1.82, 2.24) is 0 Å². The van der Waals surface area contributed by atoms with Crippen LogP contribution >= 0.6 is 7.82 Å². The van der Waals surface area contributed by atoms with Gasteiger partial charge in [0.1, 0.15) is 19.3 Å². The van der Waals surface area contributed by atoms with Gasteiger partial charge in [0, 0.05) is 13.0 Å². The van der Waals surface area contributed by atoms with Crippen LogP contribution in [0.25, 0.3) is 0 Å². The summed E-state index contributed by atoms with van der Waals surface area (Å²) in [5, 5.41) is 0. The molecule has 0 fully saturated rings. The molecule has 1 N–H and O–H groups in total. The topological polar surface area (TPSA) is 91.3 Å². The summed E-state index contributed by atoms with van der Waals surface area (Å²) in [6, 6.07) is 0. The smallest absolute Gasteiger partial charge is 0.457 e. The second-order valence-electron chi connectivity index (χ2n) is 17.5. The van der Waals surface area contributed by atoms with Crippen LogP contribution in [0.2, 0.25) is 0 Å². The molecule has 0 amide bonds. The van der Waals surface area contributed by atoms with Gasteiger partial charge in [0.2, 0.25) is 0 Å². The molecule has 0 spiro atoms. The molecule has 0 aliphatic carbocycles. The van der Waals surface area contributed by atoms with Gasteiger partial charge in [-0.25, -0.2) is 4.57 Å². The van der Waals surface area contributed by atoms with E-state index in [2.05, 4.69) is 62.5 Å². The molecule has 0 heterocycles. The molecule has 2 atom stereocenters. The molecule has 0 saturated heterocycles. The first-order valence-corrected chi connectivity index (χ1v) is 25.9. The minimum atomic E-state index is -4.28. The number of carbonyl (C=O) groups is 1. The molecule has 0 aromatic rings. The number of esters is 1. The summed E-state index contributed by atoms with van der Waals surface area (Å²) in [7, 11) is 1.67. The van der Waals surface area contributed by atoms with Crippen LogP contribution in [0.4, 0.5) is 0 Å². The number of ether oxygens (including phenoxy) is 2. The van der Waals surface area contributed by atoms with E-state index in [1.807, 2.05) is 21.1 Å². The number of phosphoric acid groups is 1. The molecule has 0 radical (unpaired) electrons. The molecular weight excluding hydrogens is 758 g/mol. The quantitative estimate of drug-likeness (QED) is 0.0214. The summed E-state index contributed by atoms with van der Waals surface area (Å²) < 4.78 is 35.1. The summed E-state index contributed by atoms with van der Waals surface area (Å²) in [4.78, 5) is 22.9. The van der Waals surface area contributed by atoms with Gasteiger partial charge >= 0.3 is 13.8 Å². The molecule has 0 saturated carbocycles. The molecular formula is C50H95NO7P+. The lowest BCUT2D eigenvalue weighted by Gasteiger charge is -2.24. The number of likely N-dealkylation sites (N-methyl/N-ethyl adjacent to an activating group) is 1. The Balaban J connectivity index is 4.15. The van der Waals surface area contributed by atoms with Crippen molar-refractivity contribution in [1.29, 1.82) is 0 Å². The Morgan fingerprint density at radius 3 is 1.47 bits per heavy atom. The molecule has 2 unspecified atom stereocenters. The monoisotopic (exact) mass is 853 g/mol. The Morgan fingerprint density at radius 2 is 0.983 bits per heavy atom. The number of nitrogens with zero attached hydrogens (tertiary/aromatic N) is 1. The van der Waals surface area contributed by atoms with Crippen molar-refractivity contribution in [2.45, 2.75) is 213 Å². The first kappa shape index (κ1) is 57.5. The maximum atomic E-state index is 12.7. The van der Waals surface area contributed by atoms with Crippen LogP contribution in [0.3, 0.4) is 0 Å². The highest BCUT2D eigenvalue weighted by Gasteiger charge is 2.26. The third kappa shape index (κ3) is 47.4. The van der Waals surface area contributed by atoms with Gasteiger partial charge in [0.25, 0.3) is 0 Å². The van der Waals surface area contributed by atoms with Crippen molar-refractivity contribution in [2.24, 2.45) is 0 Å². The van der Waals surface area contributed by atoms with E-state index in [0.29, 0.717) is 24.1 Å². The number of unbranched alkanes of at least 4 members (excludes halogenated alkanes) is 23. The average molecular weight is 853 g/mol. The van der Waals surface area contributed by atoms with Crippen molar-refractivity contribution in [2.75, 3.05) is 54.1 Å². The second kappa shape index (κ2) is 43.1. The molecule has 8 nitrogen and oxygen atoms in total. The SMILES string of the molecule is CC/C=C\C/C=C\C/C=C\C/C=C\CCCCCCCCCCCOCC(COP(=O)(O)OCC[N+](C)(C)C)OC(=O)CCCCCCCCCCCCCCCCC. The number of phosphoric ester groups is 1. The summed E-state index contributed by atoms with van der Waals surface area (Å²) >= 11 is 0. The lowest BCUT2D eigenvalue weighted by molar-refractivity contribution is -0.870. The van der Waals surface area contributed by atoms with Crippen LogP contribution < -0.4 is 0 Å². The van der Waals surface area contributed by atoms with Crippen LogP contribution in [-0.4, -0.2) is 75.6 Å². The Hall–Kier alpha value is -1.54. The van der Waals surface area contributed by atoms with E-state index >= 15 is 0 Å². The van der Waals surface area contributed by atoms with E-state index < -0.39 is 13.9 Å². The van der Waals surface area contributed by atoms with Crippen molar-refractivity contribution < 1.29 is 37.3 Å². The third-order valence-corrected chi connectivity index (χ3v) is 11.4. The van der Waals surface area contributed by atoms with Gasteiger partial charge in [-0.3, -0.25) is 13.8 Å². The zero-order valence-electron chi connectivity index (χ0n) is 39.2. The summed E-state index contributed by atoms with van der Waals surface area (Å²) in [5.41, 5.74) is 0. The lowest BCUT2D eigenvalue weighted by Crippen LogP contribution is -2.37. The molecule has 59 heavy (non-hydrogen) atoms. The lowest BCUT2D eigenvalue weighted by atomic mass is 10.0. The molecule has 0 aromatic carbocycles. The number of hydrogen-bond acceptors (Lipinski definition) is 6. The fraction of sp³-hybridized carbons (Fsp3) is 0.820. The van der Waals surface area contributed by atoms with Crippen molar-refractivity contribution in [3.05, 3.63) is 48.6 Å². The van der Waals surface area contributed by atoms with Crippen LogP contribution in [0.1, 0.15) is 206 Å². The Kier molecular flexibility index (Phi) is 42.0. The molecule has 0 rings (SSSR count). The highest BCUT2D eigenvalue weighted by Crippen LogP contribution is 2.43. The van der Waals surface area contributed by atoms with Crippen molar-refractivity contribution in [3.63, 3.8) is 0 Å². The fourth-order valence-electron chi connectivity index (χ4n) is 6.66. The normalized spacial score (nSPS) is 14.1. The summed E-state index contributed by atoms with van der Waals surface area (Å²) in [5.74, 6) is -0.314. The van der Waals surface area contributed by atoms with Crippen LogP contribution in [0.5, 0.6) is 0 Å². The third-order valence-electron chi connectivity index (χ3n) is 10.4.